The monoisotopic (exact) mass is 920 g/mol. The normalized spacial score (nSPS) is 15.3. The van der Waals surface area contributed by atoms with Crippen LogP contribution in [0.15, 0.2) is 90.1 Å². The Morgan fingerprint density at radius 3 is 2.33 bits per heavy atom. The minimum absolute atomic E-state index is 0.0746. The van der Waals surface area contributed by atoms with Gasteiger partial charge in [0, 0.05) is 75.5 Å². The van der Waals surface area contributed by atoms with Crippen molar-refractivity contribution >= 4 is 64.2 Å². The number of aromatic nitrogens is 2. The standard InChI is InChI=1S/C47H43ClF2N8O8/c48-29-9-12-31-33(23-29)43(41-35(49)4-2-5-36(41)50)52-24-28-25-53-47(57-42(28)31)54-30-10-7-27(8-11-30)44(61)51-16-18-65-20-22-66-21-19-64-17-15-40(60)55-37-6-1-3-32-34(37)26-58(46(32)63)38-13-14-39(59)56-45(38)62/h1-12,23,25,38H,13-22,24,26H2,(H,51,61)(H,55,60)(H,53,54,57)(H,56,59,62). The minimum Gasteiger partial charge on any atom is -0.379 e. The second-order valence-corrected chi connectivity index (χ2v) is 15.8. The van der Waals surface area contributed by atoms with E-state index in [9.17, 15) is 32.8 Å². The molecule has 1 fully saturated rings. The van der Waals surface area contributed by atoms with Crippen molar-refractivity contribution in [2.75, 3.05) is 56.8 Å². The van der Waals surface area contributed by atoms with E-state index in [1.807, 2.05) is 0 Å². The number of aliphatic imine (C=N–C) groups is 1. The lowest BCUT2D eigenvalue weighted by atomic mass is 9.95. The maximum atomic E-state index is 14.9. The Morgan fingerprint density at radius 2 is 1.58 bits per heavy atom. The summed E-state index contributed by atoms with van der Waals surface area (Å²) in [6.45, 7) is 2.07. The highest BCUT2D eigenvalue weighted by Gasteiger charge is 2.40. The summed E-state index contributed by atoms with van der Waals surface area (Å²) in [5, 5.41) is 11.4. The van der Waals surface area contributed by atoms with Gasteiger partial charge in [-0.25, -0.2) is 18.7 Å². The van der Waals surface area contributed by atoms with Crippen molar-refractivity contribution in [3.63, 3.8) is 0 Å². The van der Waals surface area contributed by atoms with Crippen LogP contribution in [0.1, 0.15) is 62.2 Å². The predicted molar refractivity (Wildman–Crippen MR) is 238 cm³/mol. The van der Waals surface area contributed by atoms with Crippen LogP contribution in [0.25, 0.3) is 11.3 Å². The number of carbonyl (C=O) groups excluding carboxylic acids is 5. The second kappa shape index (κ2) is 20.9. The molecule has 1 aromatic heterocycles. The van der Waals surface area contributed by atoms with Crippen LogP contribution in [0.2, 0.25) is 5.02 Å². The van der Waals surface area contributed by atoms with Gasteiger partial charge in [-0.3, -0.25) is 34.3 Å². The summed E-state index contributed by atoms with van der Waals surface area (Å²) < 4.78 is 46.4. The van der Waals surface area contributed by atoms with Crippen molar-refractivity contribution < 1.29 is 47.0 Å². The van der Waals surface area contributed by atoms with E-state index < -0.39 is 23.6 Å². The van der Waals surface area contributed by atoms with Crippen molar-refractivity contribution in [3.05, 3.63) is 135 Å². The molecule has 5 amide bonds. The molecule has 3 aliphatic rings. The molecule has 4 heterocycles. The van der Waals surface area contributed by atoms with Crippen molar-refractivity contribution in [2.24, 2.45) is 4.99 Å². The lowest BCUT2D eigenvalue weighted by molar-refractivity contribution is -0.137. The van der Waals surface area contributed by atoms with Gasteiger partial charge < -0.3 is 35.1 Å². The zero-order chi connectivity index (χ0) is 46.2. The van der Waals surface area contributed by atoms with Crippen LogP contribution in [0.5, 0.6) is 0 Å². The number of halogens is 3. The summed E-state index contributed by atoms with van der Waals surface area (Å²) in [6.07, 6.45) is 2.09. The van der Waals surface area contributed by atoms with E-state index in [1.54, 1.807) is 66.9 Å². The van der Waals surface area contributed by atoms with Gasteiger partial charge in [0.15, 0.2) is 0 Å². The van der Waals surface area contributed by atoms with Gasteiger partial charge in [-0.2, -0.15) is 0 Å². The highest BCUT2D eigenvalue weighted by Crippen LogP contribution is 2.35. The zero-order valence-corrected chi connectivity index (χ0v) is 36.1. The molecule has 0 saturated carbocycles. The molecule has 1 saturated heterocycles. The Hall–Kier alpha value is -6.99. The van der Waals surface area contributed by atoms with Crippen LogP contribution in [-0.4, -0.2) is 102 Å². The molecule has 4 N–H and O–H groups in total. The Kier molecular flexibility index (Phi) is 14.4. The first-order valence-electron chi connectivity index (χ1n) is 21.1. The van der Waals surface area contributed by atoms with Gasteiger partial charge in [0.25, 0.3) is 11.8 Å². The highest BCUT2D eigenvalue weighted by molar-refractivity contribution is 6.31. The van der Waals surface area contributed by atoms with E-state index in [2.05, 4.69) is 31.2 Å². The summed E-state index contributed by atoms with van der Waals surface area (Å²) >= 11 is 6.33. The van der Waals surface area contributed by atoms with Crippen LogP contribution in [0, 0.1) is 11.6 Å². The van der Waals surface area contributed by atoms with Gasteiger partial charge in [0.1, 0.15) is 17.7 Å². The fourth-order valence-electron chi connectivity index (χ4n) is 7.72. The lowest BCUT2D eigenvalue weighted by Gasteiger charge is -2.29. The molecular formula is C47H43ClF2N8O8. The van der Waals surface area contributed by atoms with Crippen molar-refractivity contribution in [1.82, 2.24) is 25.5 Å². The number of benzene rings is 4. The lowest BCUT2D eigenvalue weighted by Crippen LogP contribution is -2.52. The number of amides is 5. The molecule has 0 spiro atoms. The fraction of sp³-hybridized carbons (Fsp3) is 0.277. The van der Waals surface area contributed by atoms with E-state index in [4.69, 9.17) is 30.8 Å². The number of nitrogens with zero attached hydrogens (tertiary/aromatic N) is 4. The quantitative estimate of drug-likeness (QED) is 0.0617. The topological polar surface area (TPSA) is 203 Å². The second-order valence-electron chi connectivity index (χ2n) is 15.3. The number of nitrogens with one attached hydrogen (secondary N) is 4. The third-order valence-corrected chi connectivity index (χ3v) is 11.2. The number of imide groups is 1. The Balaban J connectivity index is 0.704. The van der Waals surface area contributed by atoms with Crippen LogP contribution >= 0.6 is 11.6 Å². The molecule has 1 atom stereocenters. The predicted octanol–water partition coefficient (Wildman–Crippen LogP) is 5.74. The third kappa shape index (κ3) is 10.6. The van der Waals surface area contributed by atoms with E-state index in [1.165, 1.54) is 23.1 Å². The van der Waals surface area contributed by atoms with E-state index >= 15 is 0 Å². The molecule has 5 aromatic rings. The van der Waals surface area contributed by atoms with E-state index in [0.29, 0.717) is 68.7 Å². The number of hydrogen-bond donors (Lipinski definition) is 4. The number of rotatable bonds is 18. The molecule has 3 aliphatic heterocycles. The molecule has 66 heavy (non-hydrogen) atoms. The van der Waals surface area contributed by atoms with E-state index in [-0.39, 0.29) is 106 Å². The number of ether oxygens (including phenoxy) is 3. The third-order valence-electron chi connectivity index (χ3n) is 11.0. The number of carbonyl (C=O) groups is 5. The first-order chi connectivity index (χ1) is 32.0. The van der Waals surface area contributed by atoms with Gasteiger partial charge in [-0.05, 0) is 67.1 Å². The highest BCUT2D eigenvalue weighted by atomic mass is 35.5. The van der Waals surface area contributed by atoms with Crippen LogP contribution < -0.4 is 21.3 Å². The van der Waals surface area contributed by atoms with E-state index in [0.717, 1.165) is 0 Å². The first kappa shape index (κ1) is 45.6. The number of piperidine rings is 1. The van der Waals surface area contributed by atoms with Crippen LogP contribution in [0.3, 0.4) is 0 Å². The molecular weight excluding hydrogens is 878 g/mol. The number of anilines is 3. The molecule has 4 aromatic carbocycles. The summed E-state index contributed by atoms with van der Waals surface area (Å²) in [6, 6.07) is 19.7. The average Bonchev–Trinajstić information content (AvgIpc) is 3.55. The Morgan fingerprint density at radius 1 is 0.848 bits per heavy atom. The Labute approximate surface area is 382 Å². The van der Waals surface area contributed by atoms with Gasteiger partial charge in [0.05, 0.1) is 69.6 Å². The largest absolute Gasteiger partial charge is 0.379 e. The average molecular weight is 921 g/mol. The van der Waals surface area contributed by atoms with Crippen LogP contribution in [0.4, 0.5) is 26.1 Å². The van der Waals surface area contributed by atoms with Gasteiger partial charge >= 0.3 is 0 Å². The molecule has 0 radical (unpaired) electrons. The Bertz CT molecular complexity index is 2700. The smallest absolute Gasteiger partial charge is 0.255 e. The van der Waals surface area contributed by atoms with Crippen molar-refractivity contribution in [3.8, 4) is 11.3 Å². The molecule has 0 bridgehead atoms. The number of hydrogen-bond acceptors (Lipinski definition) is 12. The minimum atomic E-state index is -0.747. The fourth-order valence-corrected chi connectivity index (χ4v) is 7.89. The van der Waals surface area contributed by atoms with Gasteiger partial charge in [-0.1, -0.05) is 29.8 Å². The molecule has 8 rings (SSSR count). The summed E-state index contributed by atoms with van der Waals surface area (Å²) in [4.78, 5) is 77.6. The van der Waals surface area contributed by atoms with Gasteiger partial charge in [0.2, 0.25) is 23.7 Å². The molecule has 340 valence electrons. The van der Waals surface area contributed by atoms with Gasteiger partial charge in [-0.15, -0.1) is 0 Å². The summed E-state index contributed by atoms with van der Waals surface area (Å²) in [7, 11) is 0. The summed E-state index contributed by atoms with van der Waals surface area (Å²) in [5.74, 6) is -2.99. The van der Waals surface area contributed by atoms with Crippen molar-refractivity contribution in [1.29, 1.82) is 0 Å². The summed E-state index contributed by atoms with van der Waals surface area (Å²) in [5.41, 5.74) is 4.64. The molecule has 0 aliphatic carbocycles. The molecule has 16 nitrogen and oxygen atoms in total. The van der Waals surface area contributed by atoms with Crippen LogP contribution in [-0.2, 0) is 41.7 Å². The maximum Gasteiger partial charge on any atom is 0.255 e. The first-order valence-corrected chi connectivity index (χ1v) is 21.5. The molecule has 1 unspecified atom stereocenters. The van der Waals surface area contributed by atoms with Crippen molar-refractivity contribution in [2.45, 2.75) is 38.4 Å². The molecule has 19 heteroatoms. The zero-order valence-electron chi connectivity index (χ0n) is 35.3. The SMILES string of the molecule is O=C1CCC(N2Cc3c(NC(=O)CCOCCOCCOCCNC(=O)c4ccc(Nc5ncc6c(n5)-c5ccc(Cl)cc5C(c5c(F)cccc5F)=NC6)cc4)cccc3C2=O)C(=O)N1. The number of fused-ring (bicyclic) bond motifs is 4. The maximum absolute atomic E-state index is 14.9.